The minimum Gasteiger partial charge on any atom is -0.331 e. The Morgan fingerprint density at radius 1 is 1.57 bits per heavy atom. The Morgan fingerprint density at radius 3 is 3.07 bits per heavy atom. The van der Waals surface area contributed by atoms with Gasteiger partial charge in [0.15, 0.2) is 0 Å². The van der Waals surface area contributed by atoms with Crippen LogP contribution in [0.4, 0.5) is 0 Å². The van der Waals surface area contributed by atoms with Crippen LogP contribution in [0.5, 0.6) is 0 Å². The summed E-state index contributed by atoms with van der Waals surface area (Å²) in [6.07, 6.45) is 3.49. The van der Waals surface area contributed by atoms with Crippen LogP contribution in [0.25, 0.3) is 0 Å². The van der Waals surface area contributed by atoms with E-state index in [1.54, 1.807) is 0 Å². The normalized spacial score (nSPS) is 20.9. The predicted molar refractivity (Wildman–Crippen MR) is 57.4 cm³/mol. The molecule has 2 N–H and O–H groups in total. The number of imidazole rings is 1. The van der Waals surface area contributed by atoms with E-state index in [0.717, 1.165) is 13.0 Å². The van der Waals surface area contributed by atoms with Crippen LogP contribution in [0.2, 0.25) is 0 Å². The topological polar surface area (TPSA) is 43.8 Å². The molecule has 1 atom stereocenters. The van der Waals surface area contributed by atoms with Gasteiger partial charge in [-0.3, -0.25) is 0 Å². The van der Waals surface area contributed by atoms with E-state index in [0.29, 0.717) is 12.5 Å². The van der Waals surface area contributed by atoms with Crippen LogP contribution in [0, 0.1) is 6.92 Å². The molecule has 0 fully saturated rings. The maximum absolute atomic E-state index is 5.58. The molecular weight excluding hydrogens is 174 g/mol. The van der Waals surface area contributed by atoms with Crippen LogP contribution >= 0.6 is 0 Å². The van der Waals surface area contributed by atoms with Crippen molar-refractivity contribution in [3.8, 4) is 0 Å². The van der Waals surface area contributed by atoms with Gasteiger partial charge < -0.3 is 10.3 Å². The van der Waals surface area contributed by atoms with E-state index in [9.17, 15) is 0 Å². The van der Waals surface area contributed by atoms with Gasteiger partial charge in [-0.2, -0.15) is 0 Å². The number of fused-ring (bicyclic) bond motifs is 1. The van der Waals surface area contributed by atoms with Gasteiger partial charge in [0.05, 0.1) is 5.69 Å². The highest BCUT2D eigenvalue weighted by Gasteiger charge is 2.22. The molecule has 0 aliphatic carbocycles. The van der Waals surface area contributed by atoms with Crippen LogP contribution in [-0.2, 0) is 13.0 Å². The zero-order valence-electron chi connectivity index (χ0n) is 9.08. The van der Waals surface area contributed by atoms with Crippen LogP contribution in [0.15, 0.2) is 0 Å². The molecule has 0 saturated heterocycles. The van der Waals surface area contributed by atoms with E-state index in [4.69, 9.17) is 5.73 Å². The number of hydrogen-bond donors (Lipinski definition) is 1. The minimum absolute atomic E-state index is 0.669. The highest BCUT2D eigenvalue weighted by molar-refractivity contribution is 5.21. The van der Waals surface area contributed by atoms with Gasteiger partial charge in [-0.1, -0.05) is 6.92 Å². The van der Waals surface area contributed by atoms with Gasteiger partial charge in [-0.25, -0.2) is 4.98 Å². The highest BCUT2D eigenvalue weighted by atomic mass is 15.1. The summed E-state index contributed by atoms with van der Waals surface area (Å²) in [4.78, 5) is 4.62. The maximum atomic E-state index is 5.58. The second-order valence-corrected chi connectivity index (χ2v) is 4.23. The summed E-state index contributed by atoms with van der Waals surface area (Å²) in [6.45, 7) is 6.25. The van der Waals surface area contributed by atoms with E-state index in [1.165, 1.54) is 30.1 Å². The van der Waals surface area contributed by atoms with E-state index in [1.807, 2.05) is 0 Å². The SMILES string of the molecule is Cc1nc(CCN)n2c1C(C)CCC2. The van der Waals surface area contributed by atoms with Crippen molar-refractivity contribution in [2.24, 2.45) is 5.73 Å². The lowest BCUT2D eigenvalue weighted by molar-refractivity contribution is 0.461. The lowest BCUT2D eigenvalue weighted by Crippen LogP contribution is -2.17. The molecule has 14 heavy (non-hydrogen) atoms. The molecule has 1 aromatic heterocycles. The third-order valence-corrected chi connectivity index (χ3v) is 3.12. The van der Waals surface area contributed by atoms with Crippen molar-refractivity contribution in [3.63, 3.8) is 0 Å². The second-order valence-electron chi connectivity index (χ2n) is 4.23. The zero-order valence-corrected chi connectivity index (χ0v) is 9.08. The molecule has 0 amide bonds. The lowest BCUT2D eigenvalue weighted by atomic mass is 9.97. The van der Waals surface area contributed by atoms with Gasteiger partial charge in [0.1, 0.15) is 5.82 Å². The number of nitrogens with two attached hydrogens (primary N) is 1. The van der Waals surface area contributed by atoms with E-state index >= 15 is 0 Å². The Hall–Kier alpha value is -0.830. The van der Waals surface area contributed by atoms with Crippen LogP contribution < -0.4 is 5.73 Å². The standard InChI is InChI=1S/C11H19N3/c1-8-4-3-7-14-10(5-6-12)13-9(2)11(8)14/h8H,3-7,12H2,1-2H3. The molecule has 0 radical (unpaired) electrons. The van der Waals surface area contributed by atoms with Crippen molar-refractivity contribution in [1.82, 2.24) is 9.55 Å². The van der Waals surface area contributed by atoms with Crippen molar-refractivity contribution < 1.29 is 0 Å². The average Bonchev–Trinajstić information content (AvgIpc) is 2.46. The first kappa shape index (κ1) is 9.71. The average molecular weight is 193 g/mol. The maximum Gasteiger partial charge on any atom is 0.110 e. The van der Waals surface area contributed by atoms with Crippen molar-refractivity contribution >= 4 is 0 Å². The van der Waals surface area contributed by atoms with Crippen LogP contribution in [0.3, 0.4) is 0 Å². The van der Waals surface area contributed by atoms with Crippen molar-refractivity contribution in [2.75, 3.05) is 6.54 Å². The van der Waals surface area contributed by atoms with Crippen LogP contribution in [0.1, 0.15) is 42.9 Å². The molecule has 2 rings (SSSR count). The first-order valence-electron chi connectivity index (χ1n) is 5.50. The molecule has 3 heteroatoms. The van der Waals surface area contributed by atoms with Gasteiger partial charge >= 0.3 is 0 Å². The summed E-state index contributed by atoms with van der Waals surface area (Å²) in [5, 5.41) is 0. The third-order valence-electron chi connectivity index (χ3n) is 3.12. The lowest BCUT2D eigenvalue weighted by Gasteiger charge is -2.22. The Balaban J connectivity index is 2.41. The molecule has 1 aliphatic rings. The molecule has 0 saturated carbocycles. The summed E-state index contributed by atoms with van der Waals surface area (Å²) in [5.41, 5.74) is 8.24. The Kier molecular flexibility index (Phi) is 2.59. The van der Waals surface area contributed by atoms with E-state index < -0.39 is 0 Å². The highest BCUT2D eigenvalue weighted by Crippen LogP contribution is 2.30. The Bertz CT molecular complexity index is 328. The molecule has 0 spiro atoms. The summed E-state index contributed by atoms with van der Waals surface area (Å²) >= 11 is 0. The van der Waals surface area contributed by atoms with Gasteiger partial charge in [-0.05, 0) is 32.2 Å². The molecule has 1 aliphatic heterocycles. The minimum atomic E-state index is 0.669. The van der Waals surface area contributed by atoms with Crippen molar-refractivity contribution in [1.29, 1.82) is 0 Å². The predicted octanol–water partition coefficient (Wildman–Crippen LogP) is 1.59. The van der Waals surface area contributed by atoms with Gasteiger partial charge in [-0.15, -0.1) is 0 Å². The van der Waals surface area contributed by atoms with Crippen molar-refractivity contribution in [3.05, 3.63) is 17.2 Å². The number of aromatic nitrogens is 2. The fourth-order valence-corrected chi connectivity index (χ4v) is 2.53. The van der Waals surface area contributed by atoms with Gasteiger partial charge in [0.2, 0.25) is 0 Å². The summed E-state index contributed by atoms with van der Waals surface area (Å²) in [6, 6.07) is 0. The largest absolute Gasteiger partial charge is 0.331 e. The molecule has 0 aromatic carbocycles. The quantitative estimate of drug-likeness (QED) is 0.775. The molecule has 3 nitrogen and oxygen atoms in total. The van der Waals surface area contributed by atoms with Crippen LogP contribution in [-0.4, -0.2) is 16.1 Å². The fraction of sp³-hybridized carbons (Fsp3) is 0.727. The first-order valence-corrected chi connectivity index (χ1v) is 5.50. The number of rotatable bonds is 2. The first-order chi connectivity index (χ1) is 6.74. The van der Waals surface area contributed by atoms with E-state index in [-0.39, 0.29) is 0 Å². The number of nitrogens with zero attached hydrogens (tertiary/aromatic N) is 2. The molecule has 0 bridgehead atoms. The summed E-state index contributed by atoms with van der Waals surface area (Å²) < 4.78 is 2.39. The second kappa shape index (κ2) is 3.73. The smallest absolute Gasteiger partial charge is 0.110 e. The van der Waals surface area contributed by atoms with Crippen molar-refractivity contribution in [2.45, 2.75) is 45.6 Å². The molecule has 78 valence electrons. The third kappa shape index (κ3) is 1.46. The zero-order chi connectivity index (χ0) is 10.1. The summed E-state index contributed by atoms with van der Waals surface area (Å²) in [7, 11) is 0. The molecule has 1 aromatic rings. The molecule has 1 unspecified atom stereocenters. The van der Waals surface area contributed by atoms with E-state index in [2.05, 4.69) is 23.4 Å². The Labute approximate surface area is 85.3 Å². The molecular formula is C11H19N3. The number of aryl methyl sites for hydroxylation is 1. The van der Waals surface area contributed by atoms with Gasteiger partial charge in [0, 0.05) is 18.7 Å². The fourth-order valence-electron chi connectivity index (χ4n) is 2.53. The van der Waals surface area contributed by atoms with Gasteiger partial charge in [0.25, 0.3) is 0 Å². The Morgan fingerprint density at radius 2 is 2.36 bits per heavy atom. The molecule has 2 heterocycles. The summed E-state index contributed by atoms with van der Waals surface area (Å²) in [5.74, 6) is 1.86. The number of hydrogen-bond acceptors (Lipinski definition) is 2. The monoisotopic (exact) mass is 193 g/mol.